The van der Waals surface area contributed by atoms with E-state index in [9.17, 15) is 26.4 Å². The number of nitrogens with zero attached hydrogens (tertiary/aromatic N) is 3. The molecule has 2 heterocycles. The van der Waals surface area contributed by atoms with Crippen molar-refractivity contribution in [2.45, 2.75) is 16.8 Å². The van der Waals surface area contributed by atoms with Crippen molar-refractivity contribution >= 4 is 32.9 Å². The molecular weight excluding hydrogens is 491 g/mol. The lowest BCUT2D eigenvalue weighted by Gasteiger charge is -2.26. The number of morpholine rings is 1. The lowest BCUT2D eigenvalue weighted by atomic mass is 10.1. The van der Waals surface area contributed by atoms with Gasteiger partial charge in [-0.15, -0.1) is 0 Å². The molecule has 0 unspecified atom stereocenters. The number of rotatable bonds is 5. The Hall–Kier alpha value is -2.41. The Balaban J connectivity index is 1.42. The highest BCUT2D eigenvalue weighted by Crippen LogP contribution is 2.31. The van der Waals surface area contributed by atoms with Crippen LogP contribution in [0, 0.1) is 0 Å². The molecule has 1 saturated heterocycles. The minimum Gasteiger partial charge on any atom is -0.379 e. The predicted molar refractivity (Wildman–Crippen MR) is 122 cm³/mol. The minimum absolute atomic E-state index is 0.0974. The van der Waals surface area contributed by atoms with Crippen molar-refractivity contribution in [1.29, 1.82) is 0 Å². The van der Waals surface area contributed by atoms with Gasteiger partial charge in [-0.2, -0.15) is 17.5 Å². The molecule has 182 valence electrons. The van der Waals surface area contributed by atoms with Crippen molar-refractivity contribution in [2.24, 2.45) is 4.99 Å². The van der Waals surface area contributed by atoms with Gasteiger partial charge in [0, 0.05) is 31.0 Å². The van der Waals surface area contributed by atoms with Crippen molar-refractivity contribution in [3.8, 4) is 0 Å². The number of hydrogen-bond acceptors (Lipinski definition) is 6. The number of aliphatic imine (C=N–C) groups is 1. The summed E-state index contributed by atoms with van der Waals surface area (Å²) in [5.74, 6) is -0.119. The Morgan fingerprint density at radius 2 is 1.76 bits per heavy atom. The van der Waals surface area contributed by atoms with E-state index in [4.69, 9.17) is 4.74 Å². The SMILES string of the molecule is O=C(c1ccc(S(=O)(=O)N2CCOCC2)cc1)N1CCN=C1SCc1cccc(C(F)(F)F)c1. The van der Waals surface area contributed by atoms with Crippen LogP contribution in [-0.2, 0) is 26.7 Å². The first-order valence-corrected chi connectivity index (χ1v) is 12.9. The molecule has 0 radical (unpaired) electrons. The Labute approximate surface area is 199 Å². The second-order valence-electron chi connectivity index (χ2n) is 7.65. The number of sulfonamides is 1. The molecule has 0 bridgehead atoms. The molecule has 2 aromatic carbocycles. The maximum atomic E-state index is 13.0. The molecule has 0 aliphatic carbocycles. The normalized spacial score (nSPS) is 17.6. The van der Waals surface area contributed by atoms with Crippen molar-refractivity contribution < 1.29 is 31.1 Å². The van der Waals surface area contributed by atoms with E-state index in [0.717, 1.165) is 12.1 Å². The van der Waals surface area contributed by atoms with Crippen molar-refractivity contribution in [3.63, 3.8) is 0 Å². The Morgan fingerprint density at radius 1 is 1.06 bits per heavy atom. The summed E-state index contributed by atoms with van der Waals surface area (Å²) in [5, 5.41) is 0.424. The molecule has 0 atom stereocenters. The zero-order valence-electron chi connectivity index (χ0n) is 18.0. The van der Waals surface area contributed by atoms with E-state index < -0.39 is 21.8 Å². The molecule has 1 fully saturated rings. The Bertz CT molecular complexity index is 1180. The number of benzene rings is 2. The maximum Gasteiger partial charge on any atom is 0.416 e. The summed E-state index contributed by atoms with van der Waals surface area (Å²) in [6.45, 7) is 1.97. The quantitative estimate of drug-likeness (QED) is 0.612. The fourth-order valence-corrected chi connectivity index (χ4v) is 5.98. The van der Waals surface area contributed by atoms with Crippen LogP contribution >= 0.6 is 11.8 Å². The van der Waals surface area contributed by atoms with Crippen LogP contribution in [0.3, 0.4) is 0 Å². The number of amides is 1. The van der Waals surface area contributed by atoms with Gasteiger partial charge < -0.3 is 4.74 Å². The molecule has 4 rings (SSSR count). The van der Waals surface area contributed by atoms with Gasteiger partial charge in [0.15, 0.2) is 5.17 Å². The summed E-state index contributed by atoms with van der Waals surface area (Å²) >= 11 is 1.19. The highest BCUT2D eigenvalue weighted by atomic mass is 32.2. The van der Waals surface area contributed by atoms with Gasteiger partial charge in [0.25, 0.3) is 5.91 Å². The van der Waals surface area contributed by atoms with E-state index in [0.29, 0.717) is 42.6 Å². The first-order valence-electron chi connectivity index (χ1n) is 10.5. The molecule has 2 aliphatic rings. The Morgan fingerprint density at radius 3 is 2.44 bits per heavy atom. The molecule has 2 aromatic rings. The van der Waals surface area contributed by atoms with Gasteiger partial charge in [0.05, 0.1) is 30.2 Å². The second-order valence-corrected chi connectivity index (χ2v) is 10.5. The van der Waals surface area contributed by atoms with Gasteiger partial charge in [-0.1, -0.05) is 30.0 Å². The Kier molecular flexibility index (Phi) is 7.31. The molecule has 2 aliphatic heterocycles. The van der Waals surface area contributed by atoms with Crippen LogP contribution in [0.15, 0.2) is 58.4 Å². The number of halogens is 3. The average molecular weight is 514 g/mol. The molecule has 1 amide bonds. The largest absolute Gasteiger partial charge is 0.416 e. The van der Waals surface area contributed by atoms with Crippen molar-refractivity contribution in [2.75, 3.05) is 39.4 Å². The third kappa shape index (κ3) is 5.45. The van der Waals surface area contributed by atoms with Gasteiger partial charge in [0.2, 0.25) is 10.0 Å². The van der Waals surface area contributed by atoms with Crippen LogP contribution in [0.1, 0.15) is 21.5 Å². The van der Waals surface area contributed by atoms with E-state index >= 15 is 0 Å². The third-order valence-corrected chi connectivity index (χ3v) is 8.38. The van der Waals surface area contributed by atoms with Gasteiger partial charge in [-0.25, -0.2) is 8.42 Å². The van der Waals surface area contributed by atoms with Gasteiger partial charge >= 0.3 is 6.18 Å². The molecule has 34 heavy (non-hydrogen) atoms. The first-order chi connectivity index (χ1) is 16.2. The number of alkyl halides is 3. The number of amidine groups is 1. The van der Waals surface area contributed by atoms with E-state index in [2.05, 4.69) is 4.99 Å². The molecule has 0 spiro atoms. The zero-order chi connectivity index (χ0) is 24.3. The minimum atomic E-state index is -4.42. The highest BCUT2D eigenvalue weighted by molar-refractivity contribution is 8.13. The predicted octanol–water partition coefficient (Wildman–Crippen LogP) is 3.47. The number of hydrogen-bond donors (Lipinski definition) is 0. The second kappa shape index (κ2) is 10.1. The topological polar surface area (TPSA) is 79.3 Å². The molecule has 7 nitrogen and oxygen atoms in total. The number of ether oxygens (including phenoxy) is 1. The smallest absolute Gasteiger partial charge is 0.379 e. The lowest BCUT2D eigenvalue weighted by Crippen LogP contribution is -2.40. The van der Waals surface area contributed by atoms with E-state index in [-0.39, 0.29) is 29.6 Å². The van der Waals surface area contributed by atoms with Gasteiger partial charge in [0.1, 0.15) is 0 Å². The lowest BCUT2D eigenvalue weighted by molar-refractivity contribution is -0.137. The maximum absolute atomic E-state index is 13.0. The van der Waals surface area contributed by atoms with Crippen LogP contribution in [-0.4, -0.2) is 68.1 Å². The van der Waals surface area contributed by atoms with Gasteiger partial charge in [-0.05, 0) is 35.9 Å². The van der Waals surface area contributed by atoms with Crippen LogP contribution in [0.2, 0.25) is 0 Å². The summed E-state index contributed by atoms with van der Waals surface area (Å²) in [6, 6.07) is 10.8. The van der Waals surface area contributed by atoms with Gasteiger partial charge in [-0.3, -0.25) is 14.7 Å². The summed E-state index contributed by atoms with van der Waals surface area (Å²) in [6.07, 6.45) is -4.42. The average Bonchev–Trinajstić information content (AvgIpc) is 3.31. The standard InChI is InChI=1S/C22H22F3N3O4S2/c23-22(24,25)18-3-1-2-16(14-18)15-33-21-26-8-9-28(21)20(29)17-4-6-19(7-5-17)34(30,31)27-10-12-32-13-11-27/h1-7,14H,8-13,15H2. The summed E-state index contributed by atoms with van der Waals surface area (Å²) in [4.78, 5) is 18.9. The monoisotopic (exact) mass is 513 g/mol. The third-order valence-electron chi connectivity index (χ3n) is 5.38. The molecule has 12 heteroatoms. The van der Waals surface area contributed by atoms with Crippen LogP contribution in [0.25, 0.3) is 0 Å². The fourth-order valence-electron chi connectivity index (χ4n) is 3.59. The van der Waals surface area contributed by atoms with Crippen molar-refractivity contribution in [1.82, 2.24) is 9.21 Å². The highest BCUT2D eigenvalue weighted by Gasteiger charge is 2.31. The van der Waals surface area contributed by atoms with Crippen molar-refractivity contribution in [3.05, 3.63) is 65.2 Å². The van der Waals surface area contributed by atoms with E-state index in [1.807, 2.05) is 0 Å². The molecular formula is C22H22F3N3O4S2. The van der Waals surface area contributed by atoms with E-state index in [1.54, 1.807) is 6.07 Å². The fraction of sp³-hybridized carbons (Fsp3) is 0.364. The van der Waals surface area contributed by atoms with Crippen LogP contribution < -0.4 is 0 Å². The number of thioether (sulfide) groups is 1. The molecule has 0 aromatic heterocycles. The molecule has 0 saturated carbocycles. The summed E-state index contributed by atoms with van der Waals surface area (Å²) in [5.41, 5.74) is 0.0497. The first kappa shape index (κ1) is 24.7. The van der Waals surface area contributed by atoms with Crippen LogP contribution in [0.5, 0.6) is 0 Å². The molecule has 0 N–H and O–H groups in total. The zero-order valence-corrected chi connectivity index (χ0v) is 19.6. The van der Waals surface area contributed by atoms with Crippen LogP contribution in [0.4, 0.5) is 13.2 Å². The summed E-state index contributed by atoms with van der Waals surface area (Å²) < 4.78 is 70.9. The number of carbonyl (C=O) groups excluding carboxylic acids is 1. The van der Waals surface area contributed by atoms with E-state index in [1.165, 1.54) is 51.3 Å². The number of carbonyl (C=O) groups is 1. The summed E-state index contributed by atoms with van der Waals surface area (Å²) in [7, 11) is -3.67.